The Hall–Kier alpha value is -1.06. The fourth-order valence-corrected chi connectivity index (χ4v) is 2.42. The molecule has 2 rings (SSSR count). The predicted octanol–water partition coefficient (Wildman–Crippen LogP) is 2.11. The van der Waals surface area contributed by atoms with E-state index < -0.39 is 0 Å². The van der Waals surface area contributed by atoms with Gasteiger partial charge >= 0.3 is 0 Å². The second-order valence-corrected chi connectivity index (χ2v) is 5.10. The van der Waals surface area contributed by atoms with Crippen LogP contribution < -0.4 is 10.6 Å². The van der Waals surface area contributed by atoms with Crippen LogP contribution in [-0.2, 0) is 11.2 Å². The van der Waals surface area contributed by atoms with Crippen LogP contribution in [0.1, 0.15) is 24.5 Å². The van der Waals surface area contributed by atoms with E-state index in [0.29, 0.717) is 0 Å². The van der Waals surface area contributed by atoms with E-state index in [4.69, 9.17) is 10.5 Å². The first-order chi connectivity index (χ1) is 8.70. The molecule has 3 nitrogen and oxygen atoms in total. The lowest BCUT2D eigenvalue weighted by molar-refractivity contribution is 0.122. The molecule has 1 unspecified atom stereocenters. The van der Waals surface area contributed by atoms with Crippen molar-refractivity contribution in [2.45, 2.75) is 32.7 Å². The zero-order valence-electron chi connectivity index (χ0n) is 11.5. The molecule has 1 aromatic rings. The van der Waals surface area contributed by atoms with Crippen molar-refractivity contribution >= 4 is 5.69 Å². The molecule has 0 bridgehead atoms. The van der Waals surface area contributed by atoms with Crippen molar-refractivity contribution in [1.29, 1.82) is 0 Å². The third-order valence-corrected chi connectivity index (χ3v) is 3.59. The molecule has 1 saturated heterocycles. The van der Waals surface area contributed by atoms with E-state index in [-0.39, 0.29) is 6.04 Å². The van der Waals surface area contributed by atoms with E-state index in [9.17, 15) is 0 Å². The van der Waals surface area contributed by atoms with Gasteiger partial charge < -0.3 is 15.4 Å². The molecule has 1 aliphatic heterocycles. The van der Waals surface area contributed by atoms with E-state index in [1.54, 1.807) is 0 Å². The summed E-state index contributed by atoms with van der Waals surface area (Å²) in [5.41, 5.74) is 10.1. The summed E-state index contributed by atoms with van der Waals surface area (Å²) in [6, 6.07) is 6.95. The van der Waals surface area contributed by atoms with Crippen LogP contribution in [0.4, 0.5) is 5.69 Å². The van der Waals surface area contributed by atoms with Crippen molar-refractivity contribution in [1.82, 2.24) is 0 Å². The Kier molecular flexibility index (Phi) is 4.61. The van der Waals surface area contributed by atoms with Crippen LogP contribution >= 0.6 is 0 Å². The number of nitrogens with zero attached hydrogens (tertiary/aromatic N) is 1. The smallest absolute Gasteiger partial charge is 0.0642 e. The molecular weight excluding hydrogens is 224 g/mol. The molecule has 1 heterocycles. The van der Waals surface area contributed by atoms with Gasteiger partial charge in [0.05, 0.1) is 13.2 Å². The molecule has 1 aliphatic rings. The van der Waals surface area contributed by atoms with Gasteiger partial charge in [0, 0.05) is 24.8 Å². The van der Waals surface area contributed by atoms with Crippen molar-refractivity contribution in [2.75, 3.05) is 31.2 Å². The lowest BCUT2D eigenvalue weighted by atomic mass is 10.00. The molecule has 0 radical (unpaired) electrons. The monoisotopic (exact) mass is 248 g/mol. The first-order valence-corrected chi connectivity index (χ1v) is 6.88. The van der Waals surface area contributed by atoms with Gasteiger partial charge in [-0.15, -0.1) is 0 Å². The SMILES string of the molecule is CCC(N)Cc1cc(C)ccc1N1CCOCC1. The fraction of sp³-hybridized carbons (Fsp3) is 0.600. The molecule has 18 heavy (non-hydrogen) atoms. The minimum absolute atomic E-state index is 0.256. The molecule has 1 fully saturated rings. The second kappa shape index (κ2) is 6.21. The summed E-state index contributed by atoms with van der Waals surface area (Å²) in [7, 11) is 0. The highest BCUT2D eigenvalue weighted by molar-refractivity contribution is 5.55. The van der Waals surface area contributed by atoms with Crippen molar-refractivity contribution in [3.05, 3.63) is 29.3 Å². The summed E-state index contributed by atoms with van der Waals surface area (Å²) < 4.78 is 5.42. The third kappa shape index (κ3) is 3.24. The highest BCUT2D eigenvalue weighted by Crippen LogP contribution is 2.24. The maximum atomic E-state index is 6.11. The summed E-state index contributed by atoms with van der Waals surface area (Å²) in [5.74, 6) is 0. The van der Waals surface area contributed by atoms with Crippen molar-refractivity contribution in [3.63, 3.8) is 0 Å². The fourth-order valence-electron chi connectivity index (χ4n) is 2.42. The number of rotatable bonds is 4. The number of hydrogen-bond donors (Lipinski definition) is 1. The average molecular weight is 248 g/mol. The first kappa shape index (κ1) is 13.4. The highest BCUT2D eigenvalue weighted by Gasteiger charge is 2.15. The summed E-state index contributed by atoms with van der Waals surface area (Å²) in [6.45, 7) is 7.91. The third-order valence-electron chi connectivity index (χ3n) is 3.59. The molecule has 100 valence electrons. The number of morpholine rings is 1. The number of anilines is 1. The zero-order valence-corrected chi connectivity index (χ0v) is 11.5. The van der Waals surface area contributed by atoms with Crippen molar-refractivity contribution in [2.24, 2.45) is 5.73 Å². The number of nitrogens with two attached hydrogens (primary N) is 1. The minimum Gasteiger partial charge on any atom is -0.378 e. The molecule has 3 heteroatoms. The van der Waals surface area contributed by atoms with Crippen LogP contribution in [-0.4, -0.2) is 32.3 Å². The maximum Gasteiger partial charge on any atom is 0.0642 e. The Morgan fingerprint density at radius 1 is 1.33 bits per heavy atom. The maximum absolute atomic E-state index is 6.11. The van der Waals surface area contributed by atoms with Gasteiger partial charge in [-0.25, -0.2) is 0 Å². The quantitative estimate of drug-likeness (QED) is 0.887. The Labute approximate surface area is 110 Å². The van der Waals surface area contributed by atoms with Crippen LogP contribution in [0, 0.1) is 6.92 Å². The van der Waals surface area contributed by atoms with Gasteiger partial charge in [0.15, 0.2) is 0 Å². The van der Waals surface area contributed by atoms with Crippen LogP contribution in [0.25, 0.3) is 0 Å². The van der Waals surface area contributed by atoms with Gasteiger partial charge in [-0.3, -0.25) is 0 Å². The molecular formula is C15H24N2O. The van der Waals surface area contributed by atoms with Crippen molar-refractivity contribution < 1.29 is 4.74 Å². The Bertz CT molecular complexity index is 386. The number of hydrogen-bond acceptors (Lipinski definition) is 3. The van der Waals surface area contributed by atoms with Crippen LogP contribution in [0.3, 0.4) is 0 Å². The standard InChI is InChI=1S/C15H24N2O/c1-3-14(16)11-13-10-12(2)4-5-15(13)17-6-8-18-9-7-17/h4-5,10,14H,3,6-9,11,16H2,1-2H3. The number of aryl methyl sites for hydroxylation is 1. The largest absolute Gasteiger partial charge is 0.378 e. The Balaban J connectivity index is 2.21. The predicted molar refractivity (Wildman–Crippen MR) is 76.2 cm³/mol. The van der Waals surface area contributed by atoms with E-state index in [0.717, 1.165) is 39.1 Å². The summed E-state index contributed by atoms with van der Waals surface area (Å²) in [6.07, 6.45) is 1.99. The molecule has 0 spiro atoms. The number of ether oxygens (including phenoxy) is 1. The molecule has 0 amide bonds. The molecule has 1 aromatic carbocycles. The van der Waals surface area contributed by atoms with Crippen LogP contribution in [0.5, 0.6) is 0 Å². The summed E-state index contributed by atoms with van der Waals surface area (Å²) in [5, 5.41) is 0. The lowest BCUT2D eigenvalue weighted by Gasteiger charge is -2.31. The van der Waals surface area contributed by atoms with Gasteiger partial charge in [0.25, 0.3) is 0 Å². The van der Waals surface area contributed by atoms with Gasteiger partial charge in [-0.1, -0.05) is 24.6 Å². The zero-order chi connectivity index (χ0) is 13.0. The Morgan fingerprint density at radius 3 is 2.72 bits per heavy atom. The minimum atomic E-state index is 0.256. The van der Waals surface area contributed by atoms with E-state index in [1.807, 2.05) is 0 Å². The second-order valence-electron chi connectivity index (χ2n) is 5.10. The van der Waals surface area contributed by atoms with E-state index in [2.05, 4.69) is 36.9 Å². The molecule has 1 atom stereocenters. The molecule has 0 aromatic heterocycles. The van der Waals surface area contributed by atoms with Gasteiger partial charge in [-0.05, 0) is 31.4 Å². The van der Waals surface area contributed by atoms with Gasteiger partial charge in [-0.2, -0.15) is 0 Å². The molecule has 0 aliphatic carbocycles. The van der Waals surface area contributed by atoms with Crippen molar-refractivity contribution in [3.8, 4) is 0 Å². The Morgan fingerprint density at radius 2 is 2.06 bits per heavy atom. The average Bonchev–Trinajstić information content (AvgIpc) is 2.40. The molecule has 2 N–H and O–H groups in total. The van der Waals surface area contributed by atoms with Crippen LogP contribution in [0.2, 0.25) is 0 Å². The van der Waals surface area contributed by atoms with Gasteiger partial charge in [0.2, 0.25) is 0 Å². The van der Waals surface area contributed by atoms with E-state index in [1.165, 1.54) is 16.8 Å². The van der Waals surface area contributed by atoms with Crippen LogP contribution in [0.15, 0.2) is 18.2 Å². The number of benzene rings is 1. The highest BCUT2D eigenvalue weighted by atomic mass is 16.5. The normalized spacial score (nSPS) is 17.8. The van der Waals surface area contributed by atoms with E-state index >= 15 is 0 Å². The summed E-state index contributed by atoms with van der Waals surface area (Å²) >= 11 is 0. The first-order valence-electron chi connectivity index (χ1n) is 6.88. The topological polar surface area (TPSA) is 38.5 Å². The molecule has 0 saturated carbocycles. The van der Waals surface area contributed by atoms with Gasteiger partial charge in [0.1, 0.15) is 0 Å². The summed E-state index contributed by atoms with van der Waals surface area (Å²) in [4.78, 5) is 2.42. The lowest BCUT2D eigenvalue weighted by Crippen LogP contribution is -2.37.